The first kappa shape index (κ1) is 11.0. The maximum Gasteiger partial charge on any atom is 0.0440 e. The van der Waals surface area contributed by atoms with Gasteiger partial charge in [-0.3, -0.25) is 0 Å². The Morgan fingerprint density at radius 3 is 2.31 bits per heavy atom. The van der Waals surface area contributed by atoms with Gasteiger partial charge in [-0.1, -0.05) is 43.7 Å². The fourth-order valence-electron chi connectivity index (χ4n) is 2.24. The molecule has 0 bridgehead atoms. The maximum absolute atomic E-state index is 2.24. The van der Waals surface area contributed by atoms with Crippen molar-refractivity contribution in [3.8, 4) is 0 Å². The van der Waals surface area contributed by atoms with Crippen LogP contribution in [0.2, 0.25) is 0 Å². The summed E-state index contributed by atoms with van der Waals surface area (Å²) in [6, 6.07) is 13.2. The van der Waals surface area contributed by atoms with Crippen LogP contribution in [0.1, 0.15) is 18.9 Å². The number of nitrogens with zero attached hydrogens (tertiary/aromatic N) is 1. The van der Waals surface area contributed by atoms with Crippen LogP contribution in [0.3, 0.4) is 0 Å². The lowest BCUT2D eigenvalue weighted by molar-refractivity contribution is 0.929. The Hall–Kier alpha value is -1.50. The first-order valence-corrected chi connectivity index (χ1v) is 5.92. The van der Waals surface area contributed by atoms with E-state index in [0.29, 0.717) is 0 Å². The molecule has 1 heteroatoms. The lowest BCUT2D eigenvalue weighted by Crippen LogP contribution is -2.09. The number of hydrogen-bond acceptors (Lipinski definition) is 1. The smallest absolute Gasteiger partial charge is 0.0440 e. The topological polar surface area (TPSA) is 3.24 Å². The van der Waals surface area contributed by atoms with E-state index < -0.39 is 0 Å². The molecule has 0 fully saturated rings. The third kappa shape index (κ3) is 1.90. The second kappa shape index (κ2) is 4.56. The number of anilines is 1. The van der Waals surface area contributed by atoms with Gasteiger partial charge in [0.05, 0.1) is 0 Å². The van der Waals surface area contributed by atoms with Gasteiger partial charge in [-0.15, -0.1) is 0 Å². The molecule has 0 heterocycles. The number of aryl methyl sites for hydroxylation is 1. The minimum Gasteiger partial charge on any atom is -0.377 e. The Morgan fingerprint density at radius 2 is 1.62 bits per heavy atom. The van der Waals surface area contributed by atoms with E-state index in [9.17, 15) is 0 Å². The molecule has 1 nitrogen and oxygen atoms in total. The molecule has 0 aromatic heterocycles. The molecule has 0 aliphatic carbocycles. The summed E-state index contributed by atoms with van der Waals surface area (Å²) in [4.78, 5) is 2.18. The third-order valence-electron chi connectivity index (χ3n) is 2.99. The summed E-state index contributed by atoms with van der Waals surface area (Å²) >= 11 is 0. The molecule has 0 radical (unpaired) electrons. The molecule has 0 atom stereocenters. The van der Waals surface area contributed by atoms with E-state index in [4.69, 9.17) is 0 Å². The van der Waals surface area contributed by atoms with Crippen LogP contribution in [-0.4, -0.2) is 14.1 Å². The first-order chi connectivity index (χ1) is 7.74. The molecule has 0 spiro atoms. The zero-order valence-electron chi connectivity index (χ0n) is 10.3. The van der Waals surface area contributed by atoms with Crippen LogP contribution in [0, 0.1) is 0 Å². The summed E-state index contributed by atoms with van der Waals surface area (Å²) < 4.78 is 0. The second-order valence-corrected chi connectivity index (χ2v) is 4.43. The fourth-order valence-corrected chi connectivity index (χ4v) is 2.24. The van der Waals surface area contributed by atoms with E-state index in [1.54, 1.807) is 0 Å². The molecule has 0 aliphatic heterocycles. The van der Waals surface area contributed by atoms with Crippen LogP contribution in [0.5, 0.6) is 0 Å². The number of benzene rings is 2. The summed E-state index contributed by atoms with van der Waals surface area (Å²) in [7, 11) is 4.20. The van der Waals surface area contributed by atoms with Gasteiger partial charge < -0.3 is 4.90 Å². The minimum absolute atomic E-state index is 1.16. The molecule has 2 aromatic rings. The largest absolute Gasteiger partial charge is 0.377 e. The molecule has 2 rings (SSSR count). The number of rotatable bonds is 3. The van der Waals surface area contributed by atoms with Gasteiger partial charge in [0, 0.05) is 25.2 Å². The van der Waals surface area contributed by atoms with Crippen molar-refractivity contribution in [2.75, 3.05) is 19.0 Å². The predicted octanol–water partition coefficient (Wildman–Crippen LogP) is 3.86. The normalized spacial score (nSPS) is 10.7. The van der Waals surface area contributed by atoms with E-state index in [1.165, 1.54) is 28.4 Å². The standard InChI is InChI=1S/C15H19N/c1-4-7-12-8-5-10-14-13(12)9-6-11-15(14)16(2)3/h5-6,8-11H,4,7H2,1-3H3. The van der Waals surface area contributed by atoms with Crippen molar-refractivity contribution in [1.82, 2.24) is 0 Å². The van der Waals surface area contributed by atoms with Crippen LogP contribution < -0.4 is 4.90 Å². The molecule has 84 valence electrons. The van der Waals surface area contributed by atoms with E-state index in [2.05, 4.69) is 62.3 Å². The van der Waals surface area contributed by atoms with E-state index >= 15 is 0 Å². The lowest BCUT2D eigenvalue weighted by atomic mass is 10.00. The highest BCUT2D eigenvalue weighted by molar-refractivity contribution is 5.96. The Kier molecular flexibility index (Phi) is 3.14. The molecule has 0 amide bonds. The van der Waals surface area contributed by atoms with Gasteiger partial charge in [-0.25, -0.2) is 0 Å². The van der Waals surface area contributed by atoms with Gasteiger partial charge in [-0.05, 0) is 23.4 Å². The second-order valence-electron chi connectivity index (χ2n) is 4.43. The van der Waals surface area contributed by atoms with Crippen LogP contribution in [0.4, 0.5) is 5.69 Å². The molecule has 16 heavy (non-hydrogen) atoms. The Morgan fingerprint density at radius 1 is 0.938 bits per heavy atom. The molecule has 0 saturated heterocycles. The van der Waals surface area contributed by atoms with Gasteiger partial charge in [0.1, 0.15) is 0 Å². The van der Waals surface area contributed by atoms with Crippen molar-refractivity contribution in [3.05, 3.63) is 42.0 Å². The van der Waals surface area contributed by atoms with Crippen molar-refractivity contribution in [3.63, 3.8) is 0 Å². The summed E-state index contributed by atoms with van der Waals surface area (Å²) in [5.41, 5.74) is 2.76. The molecule has 0 aliphatic rings. The van der Waals surface area contributed by atoms with Gasteiger partial charge in [0.2, 0.25) is 0 Å². The average Bonchev–Trinajstić information content (AvgIpc) is 2.29. The minimum atomic E-state index is 1.16. The molecular weight excluding hydrogens is 194 g/mol. The first-order valence-electron chi connectivity index (χ1n) is 5.92. The zero-order valence-corrected chi connectivity index (χ0v) is 10.3. The molecule has 0 unspecified atom stereocenters. The molecule has 0 N–H and O–H groups in total. The van der Waals surface area contributed by atoms with Crippen molar-refractivity contribution in [2.24, 2.45) is 0 Å². The molecular formula is C15H19N. The zero-order chi connectivity index (χ0) is 11.5. The van der Waals surface area contributed by atoms with Crippen LogP contribution in [0.25, 0.3) is 10.8 Å². The summed E-state index contributed by atoms with van der Waals surface area (Å²) in [5, 5.41) is 2.76. The highest BCUT2D eigenvalue weighted by Crippen LogP contribution is 2.28. The Balaban J connectivity index is 2.66. The Bertz CT molecular complexity index is 486. The van der Waals surface area contributed by atoms with Crippen molar-refractivity contribution < 1.29 is 0 Å². The highest BCUT2D eigenvalue weighted by atomic mass is 15.1. The molecule has 0 saturated carbocycles. The van der Waals surface area contributed by atoms with Gasteiger partial charge in [0.25, 0.3) is 0 Å². The summed E-state index contributed by atoms with van der Waals surface area (Å²) in [6.45, 7) is 2.23. The lowest BCUT2D eigenvalue weighted by Gasteiger charge is -2.16. The monoisotopic (exact) mass is 213 g/mol. The number of hydrogen-bond donors (Lipinski definition) is 0. The van der Waals surface area contributed by atoms with Crippen molar-refractivity contribution in [2.45, 2.75) is 19.8 Å². The van der Waals surface area contributed by atoms with Crippen molar-refractivity contribution in [1.29, 1.82) is 0 Å². The Labute approximate surface area is 97.7 Å². The van der Waals surface area contributed by atoms with Gasteiger partial charge >= 0.3 is 0 Å². The highest BCUT2D eigenvalue weighted by Gasteiger charge is 2.05. The van der Waals surface area contributed by atoms with Crippen molar-refractivity contribution >= 4 is 16.5 Å². The van der Waals surface area contributed by atoms with Gasteiger partial charge in [0.15, 0.2) is 0 Å². The fraction of sp³-hybridized carbons (Fsp3) is 0.333. The van der Waals surface area contributed by atoms with E-state index in [0.717, 1.165) is 6.42 Å². The van der Waals surface area contributed by atoms with Gasteiger partial charge in [-0.2, -0.15) is 0 Å². The van der Waals surface area contributed by atoms with Crippen LogP contribution in [0.15, 0.2) is 36.4 Å². The molecule has 2 aromatic carbocycles. The predicted molar refractivity (Wildman–Crippen MR) is 72.3 cm³/mol. The van der Waals surface area contributed by atoms with Crippen LogP contribution in [-0.2, 0) is 6.42 Å². The quantitative estimate of drug-likeness (QED) is 0.748. The third-order valence-corrected chi connectivity index (χ3v) is 2.99. The van der Waals surface area contributed by atoms with E-state index in [-0.39, 0.29) is 0 Å². The average molecular weight is 213 g/mol. The number of fused-ring (bicyclic) bond motifs is 1. The SMILES string of the molecule is CCCc1cccc2c(N(C)C)cccc12. The van der Waals surface area contributed by atoms with Crippen LogP contribution >= 0.6 is 0 Å². The summed E-state index contributed by atoms with van der Waals surface area (Å²) in [5.74, 6) is 0. The summed E-state index contributed by atoms with van der Waals surface area (Å²) in [6.07, 6.45) is 2.36. The maximum atomic E-state index is 2.24. The van der Waals surface area contributed by atoms with E-state index in [1.807, 2.05) is 0 Å².